The fraction of sp³-hybridized carbons (Fsp3) is 0.389. The second-order valence-electron chi connectivity index (χ2n) is 6.73. The van der Waals surface area contributed by atoms with Crippen molar-refractivity contribution in [1.82, 2.24) is 0 Å². The zero-order valence-corrected chi connectivity index (χ0v) is 13.7. The Labute approximate surface area is 125 Å². The van der Waals surface area contributed by atoms with Crippen molar-refractivity contribution in [2.75, 3.05) is 0 Å². The molecule has 2 heteroatoms. The highest BCUT2D eigenvalue weighted by atomic mass is 32.1. The highest BCUT2D eigenvalue weighted by Gasteiger charge is 2.32. The molecule has 0 aliphatic rings. The second-order valence-corrected chi connectivity index (χ2v) is 7.82. The smallest absolute Gasteiger partial charge is 0.182 e. The van der Waals surface area contributed by atoms with E-state index in [0.29, 0.717) is 0 Å². The van der Waals surface area contributed by atoms with Crippen LogP contribution in [0.2, 0.25) is 0 Å². The molecule has 1 heterocycles. The monoisotopic (exact) mass is 286 g/mol. The quantitative estimate of drug-likeness (QED) is 0.708. The van der Waals surface area contributed by atoms with Gasteiger partial charge in [0.1, 0.15) is 0 Å². The minimum absolute atomic E-state index is 0.0973. The molecule has 20 heavy (non-hydrogen) atoms. The van der Waals surface area contributed by atoms with Crippen LogP contribution in [0.3, 0.4) is 0 Å². The predicted molar refractivity (Wildman–Crippen MR) is 86.8 cm³/mol. The molecular formula is C18H22OS. The van der Waals surface area contributed by atoms with Crippen molar-refractivity contribution in [3.05, 3.63) is 57.8 Å². The molecule has 0 N–H and O–H groups in total. The van der Waals surface area contributed by atoms with Gasteiger partial charge in [0.05, 0.1) is 10.3 Å². The number of hydrogen-bond acceptors (Lipinski definition) is 2. The molecule has 1 aromatic heterocycles. The molecule has 0 aliphatic heterocycles. The predicted octanol–water partition coefficient (Wildman–Crippen LogP) is 5.21. The van der Waals surface area contributed by atoms with Crippen LogP contribution in [0.25, 0.3) is 0 Å². The highest BCUT2D eigenvalue weighted by Crippen LogP contribution is 2.34. The minimum Gasteiger partial charge on any atom is -0.292 e. The first kappa shape index (κ1) is 15.0. The van der Waals surface area contributed by atoms with Crippen molar-refractivity contribution >= 4 is 17.1 Å². The normalized spacial score (nSPS) is 12.4. The van der Waals surface area contributed by atoms with Gasteiger partial charge in [0.15, 0.2) is 5.78 Å². The molecule has 0 fully saturated rings. The van der Waals surface area contributed by atoms with Crippen molar-refractivity contribution in [2.45, 2.75) is 45.4 Å². The molecule has 0 amide bonds. The van der Waals surface area contributed by atoms with Crippen molar-refractivity contribution in [2.24, 2.45) is 0 Å². The van der Waals surface area contributed by atoms with Gasteiger partial charge in [0, 0.05) is 4.88 Å². The number of thiophene rings is 1. The van der Waals surface area contributed by atoms with Gasteiger partial charge in [-0.15, -0.1) is 11.3 Å². The number of carbonyl (C=O) groups is 1. The first-order valence-corrected chi connectivity index (χ1v) is 7.75. The molecule has 0 unspecified atom stereocenters. The van der Waals surface area contributed by atoms with E-state index in [1.807, 2.05) is 50.2 Å². The number of benzene rings is 1. The van der Waals surface area contributed by atoms with Crippen LogP contribution in [-0.2, 0) is 10.8 Å². The van der Waals surface area contributed by atoms with E-state index in [0.717, 1.165) is 10.4 Å². The lowest BCUT2D eigenvalue weighted by Crippen LogP contribution is -2.28. The number of Topliss-reactive ketones (excluding diaryl/α,β-unsaturated/α-hetero) is 1. The standard InChI is InChI=1S/C18H22OS/c1-17(2,3)15-12-11-14(20-15)16(19)18(4,5)13-9-7-6-8-10-13/h6-12H,1-5H3. The Morgan fingerprint density at radius 1 is 0.900 bits per heavy atom. The summed E-state index contributed by atoms with van der Waals surface area (Å²) >= 11 is 1.62. The number of rotatable bonds is 3. The Morgan fingerprint density at radius 2 is 1.50 bits per heavy atom. The lowest BCUT2D eigenvalue weighted by Gasteiger charge is -2.23. The Hall–Kier alpha value is -1.41. The van der Waals surface area contributed by atoms with Gasteiger partial charge in [0.2, 0.25) is 0 Å². The Morgan fingerprint density at radius 3 is 2.00 bits per heavy atom. The van der Waals surface area contributed by atoms with E-state index in [-0.39, 0.29) is 11.2 Å². The van der Waals surface area contributed by atoms with Crippen LogP contribution in [0, 0.1) is 0 Å². The topological polar surface area (TPSA) is 17.1 Å². The van der Waals surface area contributed by atoms with Gasteiger partial charge in [-0.05, 0) is 37.0 Å². The van der Waals surface area contributed by atoms with Crippen molar-refractivity contribution in [3.63, 3.8) is 0 Å². The lowest BCUT2D eigenvalue weighted by molar-refractivity contribution is 0.0913. The van der Waals surface area contributed by atoms with Crippen LogP contribution in [0.1, 0.15) is 54.7 Å². The Kier molecular flexibility index (Phi) is 3.88. The van der Waals surface area contributed by atoms with Gasteiger partial charge in [-0.3, -0.25) is 4.79 Å². The molecule has 2 rings (SSSR count). The maximum atomic E-state index is 12.8. The van der Waals surface area contributed by atoms with E-state index in [1.165, 1.54) is 4.88 Å². The van der Waals surface area contributed by atoms with Crippen molar-refractivity contribution < 1.29 is 4.79 Å². The number of hydrogen-bond donors (Lipinski definition) is 0. The molecule has 1 nitrogen and oxygen atoms in total. The molecule has 0 saturated carbocycles. The van der Waals surface area contributed by atoms with Gasteiger partial charge in [0.25, 0.3) is 0 Å². The largest absolute Gasteiger partial charge is 0.292 e. The maximum absolute atomic E-state index is 12.8. The van der Waals surface area contributed by atoms with E-state index in [9.17, 15) is 4.79 Å². The Bertz CT molecular complexity index is 600. The fourth-order valence-electron chi connectivity index (χ4n) is 2.16. The molecule has 0 atom stereocenters. The van der Waals surface area contributed by atoms with Crippen molar-refractivity contribution in [3.8, 4) is 0 Å². The van der Waals surface area contributed by atoms with E-state index in [2.05, 4.69) is 26.8 Å². The number of carbonyl (C=O) groups excluding carboxylic acids is 1. The molecule has 0 aliphatic carbocycles. The molecule has 1 aromatic carbocycles. The second kappa shape index (κ2) is 5.17. The molecule has 0 spiro atoms. The van der Waals surface area contributed by atoms with Gasteiger partial charge >= 0.3 is 0 Å². The third kappa shape index (κ3) is 2.85. The minimum atomic E-state index is -0.485. The summed E-state index contributed by atoms with van der Waals surface area (Å²) in [4.78, 5) is 14.9. The van der Waals surface area contributed by atoms with Crippen molar-refractivity contribution in [1.29, 1.82) is 0 Å². The molecule has 0 saturated heterocycles. The fourth-order valence-corrected chi connectivity index (χ4v) is 3.32. The van der Waals surface area contributed by atoms with Crippen LogP contribution in [0.15, 0.2) is 42.5 Å². The van der Waals surface area contributed by atoms with Crippen LogP contribution < -0.4 is 0 Å². The van der Waals surface area contributed by atoms with Gasteiger partial charge < -0.3 is 0 Å². The van der Waals surface area contributed by atoms with Crippen LogP contribution in [-0.4, -0.2) is 5.78 Å². The molecule has 2 aromatic rings. The summed E-state index contributed by atoms with van der Waals surface area (Å²) in [5, 5.41) is 0. The summed E-state index contributed by atoms with van der Waals surface area (Å²) in [6.45, 7) is 10.5. The maximum Gasteiger partial charge on any atom is 0.182 e. The summed E-state index contributed by atoms with van der Waals surface area (Å²) in [5.41, 5.74) is 0.678. The van der Waals surface area contributed by atoms with Crippen LogP contribution in [0.5, 0.6) is 0 Å². The van der Waals surface area contributed by atoms with E-state index in [4.69, 9.17) is 0 Å². The number of ketones is 1. The molecule has 0 bridgehead atoms. The van der Waals surface area contributed by atoms with Crippen LogP contribution >= 0.6 is 11.3 Å². The third-order valence-electron chi connectivity index (χ3n) is 3.63. The van der Waals surface area contributed by atoms with E-state index < -0.39 is 5.41 Å². The SMILES string of the molecule is CC(C)(C)c1ccc(C(=O)C(C)(C)c2ccccc2)s1. The van der Waals surface area contributed by atoms with Crippen LogP contribution in [0.4, 0.5) is 0 Å². The summed E-state index contributed by atoms with van der Waals surface area (Å²) in [7, 11) is 0. The van der Waals surface area contributed by atoms with Gasteiger partial charge in [-0.2, -0.15) is 0 Å². The van der Waals surface area contributed by atoms with Gasteiger partial charge in [-0.1, -0.05) is 51.1 Å². The molecular weight excluding hydrogens is 264 g/mol. The zero-order chi connectivity index (χ0) is 15.0. The zero-order valence-electron chi connectivity index (χ0n) is 12.9. The summed E-state index contributed by atoms with van der Waals surface area (Å²) < 4.78 is 0. The average molecular weight is 286 g/mol. The Balaban J connectivity index is 2.34. The van der Waals surface area contributed by atoms with E-state index in [1.54, 1.807) is 11.3 Å². The average Bonchev–Trinajstić information content (AvgIpc) is 2.88. The summed E-state index contributed by atoms with van der Waals surface area (Å²) in [6, 6.07) is 14.1. The highest BCUT2D eigenvalue weighted by molar-refractivity contribution is 7.14. The summed E-state index contributed by atoms with van der Waals surface area (Å²) in [5.74, 6) is 0.198. The molecule has 0 radical (unpaired) electrons. The first-order valence-electron chi connectivity index (χ1n) is 6.93. The first-order chi connectivity index (χ1) is 9.23. The summed E-state index contributed by atoms with van der Waals surface area (Å²) in [6.07, 6.45) is 0. The van der Waals surface area contributed by atoms with E-state index >= 15 is 0 Å². The lowest BCUT2D eigenvalue weighted by atomic mass is 9.80. The van der Waals surface area contributed by atoms with Gasteiger partial charge in [-0.25, -0.2) is 0 Å². The molecule has 106 valence electrons. The third-order valence-corrected chi connectivity index (χ3v) is 5.14.